The predicted molar refractivity (Wildman–Crippen MR) is 250 cm³/mol. The molecule has 0 aliphatic heterocycles. The van der Waals surface area contributed by atoms with Crippen molar-refractivity contribution in [1.82, 2.24) is 0 Å². The van der Waals surface area contributed by atoms with Gasteiger partial charge in [0.25, 0.3) is 0 Å². The number of hydrogen-bond acceptors (Lipinski definition) is 1. The lowest BCUT2D eigenvalue weighted by atomic mass is 9.70. The molecule has 3 aliphatic rings. The molecule has 59 heavy (non-hydrogen) atoms. The first-order valence-electron chi connectivity index (χ1n) is 20.7. The summed E-state index contributed by atoms with van der Waals surface area (Å²) in [6.45, 7) is 4.76. The molecule has 0 fully saturated rings. The van der Waals surface area contributed by atoms with Gasteiger partial charge in [0.2, 0.25) is 0 Å². The van der Waals surface area contributed by atoms with Gasteiger partial charge in [-0.25, -0.2) is 0 Å². The molecule has 9 aromatic carbocycles. The third-order valence-electron chi connectivity index (χ3n) is 13.9. The third kappa shape index (κ3) is 4.38. The third-order valence-corrected chi connectivity index (χ3v) is 15.1. The van der Waals surface area contributed by atoms with Crippen LogP contribution in [0.25, 0.3) is 86.9 Å². The normalized spacial score (nSPS) is 16.2. The second kappa shape index (κ2) is 11.9. The van der Waals surface area contributed by atoms with E-state index < -0.39 is 5.41 Å². The van der Waals surface area contributed by atoms with Gasteiger partial charge in [-0.2, -0.15) is 0 Å². The van der Waals surface area contributed by atoms with Gasteiger partial charge in [-0.15, -0.1) is 11.3 Å². The van der Waals surface area contributed by atoms with E-state index in [1.165, 1.54) is 120 Å². The summed E-state index contributed by atoms with van der Waals surface area (Å²) in [5.41, 5.74) is 23.3. The Hall–Kier alpha value is -6.80. The zero-order valence-corrected chi connectivity index (χ0v) is 33.7. The average molecular weight is 767 g/mol. The summed E-state index contributed by atoms with van der Waals surface area (Å²) in [7, 11) is 0. The molecule has 0 N–H and O–H groups in total. The molecular formula is C58H38S. The molecule has 0 saturated carbocycles. The lowest BCUT2D eigenvalue weighted by Crippen LogP contribution is -2.26. The van der Waals surface area contributed by atoms with Crippen molar-refractivity contribution >= 4 is 31.5 Å². The van der Waals surface area contributed by atoms with E-state index in [1.54, 1.807) is 0 Å². The van der Waals surface area contributed by atoms with E-state index in [-0.39, 0.29) is 5.41 Å². The van der Waals surface area contributed by atoms with E-state index in [1.807, 2.05) is 11.3 Å². The van der Waals surface area contributed by atoms with Gasteiger partial charge in [0.15, 0.2) is 0 Å². The SMILES string of the molecule is CC1(C)c2ccccc2-c2ccc(-c3ccc4c(c3)C3(c5cc(-c6ccc(-c7ccccc7)cc6)ccc5-4)c4ccccc4-c4c3ccc3c4sc4ccccc43)cc21. The Morgan fingerprint density at radius 3 is 1.53 bits per heavy atom. The van der Waals surface area contributed by atoms with Crippen LogP contribution in [0.5, 0.6) is 0 Å². The summed E-state index contributed by atoms with van der Waals surface area (Å²) in [6.07, 6.45) is 0. The average Bonchev–Trinajstić information content (AvgIpc) is 3.98. The molecule has 0 amide bonds. The van der Waals surface area contributed by atoms with Crippen LogP contribution < -0.4 is 0 Å². The monoisotopic (exact) mass is 766 g/mol. The minimum atomic E-state index is -0.483. The van der Waals surface area contributed by atoms with E-state index in [4.69, 9.17) is 0 Å². The van der Waals surface area contributed by atoms with Crippen LogP contribution in [0.2, 0.25) is 0 Å². The Bertz CT molecular complexity index is 3400. The molecule has 0 nitrogen and oxygen atoms in total. The van der Waals surface area contributed by atoms with Gasteiger partial charge in [-0.05, 0) is 119 Å². The summed E-state index contributed by atoms with van der Waals surface area (Å²) in [5.74, 6) is 0. The quantitative estimate of drug-likeness (QED) is 0.168. The summed E-state index contributed by atoms with van der Waals surface area (Å²) in [5, 5.41) is 2.68. The number of thiophene rings is 1. The summed E-state index contributed by atoms with van der Waals surface area (Å²) in [6, 6.07) is 73.6. The first kappa shape index (κ1) is 33.2. The van der Waals surface area contributed by atoms with E-state index in [9.17, 15) is 0 Å². The molecule has 0 radical (unpaired) electrons. The highest BCUT2D eigenvalue weighted by Crippen LogP contribution is 2.65. The van der Waals surface area contributed by atoms with Crippen LogP contribution in [0.15, 0.2) is 194 Å². The Morgan fingerprint density at radius 1 is 0.322 bits per heavy atom. The predicted octanol–water partition coefficient (Wildman–Crippen LogP) is 15.7. The van der Waals surface area contributed by atoms with Gasteiger partial charge in [0.1, 0.15) is 0 Å². The smallest absolute Gasteiger partial charge is 0.0726 e. The zero-order chi connectivity index (χ0) is 39.0. The van der Waals surface area contributed by atoms with Crippen molar-refractivity contribution in [3.8, 4) is 66.8 Å². The van der Waals surface area contributed by atoms with Crippen molar-refractivity contribution in [3.63, 3.8) is 0 Å². The van der Waals surface area contributed by atoms with Crippen molar-refractivity contribution < 1.29 is 0 Å². The molecule has 1 heteroatoms. The second-order valence-electron chi connectivity index (χ2n) is 17.2. The van der Waals surface area contributed by atoms with Gasteiger partial charge < -0.3 is 0 Å². The van der Waals surface area contributed by atoms with Crippen molar-refractivity contribution in [2.24, 2.45) is 0 Å². The molecule has 1 aromatic heterocycles. The van der Waals surface area contributed by atoms with E-state index in [2.05, 4.69) is 208 Å². The van der Waals surface area contributed by atoms with E-state index in [0.717, 1.165) is 0 Å². The molecule has 0 saturated heterocycles. The lowest BCUT2D eigenvalue weighted by molar-refractivity contribution is 0.660. The topological polar surface area (TPSA) is 0 Å². The molecule has 1 atom stereocenters. The van der Waals surface area contributed by atoms with Crippen LogP contribution >= 0.6 is 11.3 Å². The van der Waals surface area contributed by atoms with Crippen LogP contribution in [-0.4, -0.2) is 0 Å². The van der Waals surface area contributed by atoms with Crippen LogP contribution in [0.4, 0.5) is 0 Å². The lowest BCUT2D eigenvalue weighted by Gasteiger charge is -2.31. The standard InChI is InChI=1S/C58H38S/c1-57(2)48-17-9-6-14-41(48)42-27-25-39(32-51(42)57)40-26-29-44-43-28-24-38(37-22-20-36(21-23-37)35-12-4-3-5-13-35)33-52(43)58(53(44)34-40)49-18-10-7-16-47(49)55-50(58)31-30-46-45-15-8-11-19-54(45)59-56(46)55/h3-34H,1-2H3. The van der Waals surface area contributed by atoms with Crippen molar-refractivity contribution in [3.05, 3.63) is 228 Å². The maximum atomic E-state index is 2.54. The minimum Gasteiger partial charge on any atom is -0.135 e. The van der Waals surface area contributed by atoms with Gasteiger partial charge >= 0.3 is 0 Å². The largest absolute Gasteiger partial charge is 0.135 e. The van der Waals surface area contributed by atoms with Crippen molar-refractivity contribution in [2.45, 2.75) is 24.7 Å². The molecule has 13 rings (SSSR count). The van der Waals surface area contributed by atoms with Gasteiger partial charge in [-0.3, -0.25) is 0 Å². The summed E-state index contributed by atoms with van der Waals surface area (Å²) >= 11 is 1.94. The Morgan fingerprint density at radius 2 is 0.814 bits per heavy atom. The molecule has 3 aliphatic carbocycles. The Labute approximate surface area is 348 Å². The maximum absolute atomic E-state index is 2.54. The van der Waals surface area contributed by atoms with Crippen LogP contribution in [0.1, 0.15) is 47.2 Å². The molecule has 0 bridgehead atoms. The van der Waals surface area contributed by atoms with Gasteiger partial charge in [-0.1, -0.05) is 184 Å². The number of rotatable bonds is 3. The molecule has 276 valence electrons. The summed E-state index contributed by atoms with van der Waals surface area (Å²) in [4.78, 5) is 0. The van der Waals surface area contributed by atoms with Crippen molar-refractivity contribution in [2.75, 3.05) is 0 Å². The molecule has 10 aromatic rings. The number of fused-ring (bicyclic) bond motifs is 17. The Kier molecular flexibility index (Phi) is 6.69. The molecule has 1 heterocycles. The maximum Gasteiger partial charge on any atom is 0.0726 e. The fourth-order valence-electron chi connectivity index (χ4n) is 11.2. The van der Waals surface area contributed by atoms with Gasteiger partial charge in [0, 0.05) is 31.2 Å². The molecule has 1 spiro atoms. The van der Waals surface area contributed by atoms with E-state index >= 15 is 0 Å². The molecule has 1 unspecified atom stereocenters. The van der Waals surface area contributed by atoms with Crippen molar-refractivity contribution in [1.29, 1.82) is 0 Å². The number of benzene rings is 9. The van der Waals surface area contributed by atoms with E-state index in [0.29, 0.717) is 0 Å². The van der Waals surface area contributed by atoms with Crippen LogP contribution in [0.3, 0.4) is 0 Å². The minimum absolute atomic E-state index is 0.0647. The highest BCUT2D eigenvalue weighted by Gasteiger charge is 2.52. The zero-order valence-electron chi connectivity index (χ0n) is 32.9. The second-order valence-corrected chi connectivity index (χ2v) is 18.2. The first-order chi connectivity index (χ1) is 29.0. The van der Waals surface area contributed by atoms with Crippen LogP contribution in [0, 0.1) is 0 Å². The highest BCUT2D eigenvalue weighted by molar-refractivity contribution is 7.26. The fourth-order valence-corrected chi connectivity index (χ4v) is 12.4. The highest BCUT2D eigenvalue weighted by atomic mass is 32.1. The van der Waals surface area contributed by atoms with Crippen LogP contribution in [-0.2, 0) is 10.8 Å². The van der Waals surface area contributed by atoms with Gasteiger partial charge in [0.05, 0.1) is 5.41 Å². The Balaban J connectivity index is 1.06. The molecular weight excluding hydrogens is 729 g/mol. The summed E-state index contributed by atoms with van der Waals surface area (Å²) < 4.78 is 2.72. The number of hydrogen-bond donors (Lipinski definition) is 0. The first-order valence-corrected chi connectivity index (χ1v) is 21.6. The fraction of sp³-hybridized carbons (Fsp3) is 0.0690.